The van der Waals surface area contributed by atoms with Gasteiger partial charge >= 0.3 is 23.9 Å². The van der Waals surface area contributed by atoms with Crippen molar-refractivity contribution in [3.8, 4) is 0 Å². The lowest BCUT2D eigenvalue weighted by molar-refractivity contribution is -0.159. The van der Waals surface area contributed by atoms with E-state index in [1.165, 1.54) is 6.92 Å². The van der Waals surface area contributed by atoms with Crippen molar-refractivity contribution < 1.29 is 43.0 Å². The fraction of sp³-hybridized carbons (Fsp3) is 0.812. The van der Waals surface area contributed by atoms with E-state index in [-0.39, 0.29) is 31.1 Å². The van der Waals surface area contributed by atoms with Crippen molar-refractivity contribution in [1.82, 2.24) is 21.3 Å². The van der Waals surface area contributed by atoms with Crippen LogP contribution in [0.25, 0.3) is 0 Å². The van der Waals surface area contributed by atoms with E-state index in [2.05, 4.69) is 21.3 Å². The lowest BCUT2D eigenvalue weighted by atomic mass is 10.1. The van der Waals surface area contributed by atoms with Crippen LogP contribution in [0.1, 0.15) is 121 Å². The Labute approximate surface area is 274 Å². The molecule has 0 aromatic rings. The molecule has 0 bridgehead atoms. The molecule has 0 rings (SSSR count). The zero-order chi connectivity index (χ0) is 35.7. The summed E-state index contributed by atoms with van der Waals surface area (Å²) in [6, 6.07) is -3.72. The number of urea groups is 1. The first-order valence-corrected chi connectivity index (χ1v) is 16.0. The summed E-state index contributed by atoms with van der Waals surface area (Å²) >= 11 is 0. The van der Waals surface area contributed by atoms with Gasteiger partial charge in [-0.25, -0.2) is 14.4 Å². The number of amides is 4. The number of nitrogens with one attached hydrogen (secondary N) is 4. The maximum atomic E-state index is 13.0. The molecule has 0 aromatic heterocycles. The number of nitrogens with two attached hydrogens (primary N) is 1. The molecule has 0 fully saturated rings. The standard InChI is InChI=1S/C32H59N5O9/c1-21(38)34-19-13-11-15-22(33)26(40)35-20-14-12-16-23(27(41)45-31(5,6)7)36-29(43)37-24(28(42)46-32(8,9)10)17-18-25(39)44-30(2,3)4/h22-24H,11-20,33H2,1-10H3,(H,34,38)(H,35,40)(H2,36,37,43)/t22-,23-,24-/m0/s1. The summed E-state index contributed by atoms with van der Waals surface area (Å²) in [6.07, 6.45) is 2.81. The lowest BCUT2D eigenvalue weighted by Gasteiger charge is -2.27. The minimum absolute atomic E-state index is 0.0779. The third-order valence-electron chi connectivity index (χ3n) is 5.92. The van der Waals surface area contributed by atoms with Gasteiger partial charge in [-0.2, -0.15) is 0 Å². The van der Waals surface area contributed by atoms with E-state index >= 15 is 0 Å². The van der Waals surface area contributed by atoms with Crippen LogP contribution < -0.4 is 27.0 Å². The topological polar surface area (TPSA) is 204 Å². The highest BCUT2D eigenvalue weighted by Crippen LogP contribution is 2.15. The Morgan fingerprint density at radius 1 is 0.609 bits per heavy atom. The number of hydrogen-bond donors (Lipinski definition) is 5. The molecule has 14 nitrogen and oxygen atoms in total. The van der Waals surface area contributed by atoms with Gasteiger partial charge in [0, 0.05) is 26.4 Å². The Kier molecular flexibility index (Phi) is 18.5. The Morgan fingerprint density at radius 2 is 1.04 bits per heavy atom. The maximum absolute atomic E-state index is 13.0. The molecule has 14 heteroatoms. The second-order valence-electron chi connectivity index (χ2n) is 14.3. The number of carbonyl (C=O) groups is 6. The highest BCUT2D eigenvalue weighted by molar-refractivity contribution is 5.87. The van der Waals surface area contributed by atoms with Gasteiger partial charge in [-0.1, -0.05) is 0 Å². The molecule has 46 heavy (non-hydrogen) atoms. The molecule has 0 saturated heterocycles. The SMILES string of the molecule is CC(=O)NCCCC[C@H](N)C(=O)NCCCC[C@H](NC(=O)N[C@@H](CCC(=O)OC(C)(C)C)C(=O)OC(C)(C)C)C(=O)OC(C)(C)C. The summed E-state index contributed by atoms with van der Waals surface area (Å²) < 4.78 is 16.2. The predicted molar refractivity (Wildman–Crippen MR) is 173 cm³/mol. The molecular weight excluding hydrogens is 598 g/mol. The summed E-state index contributed by atoms with van der Waals surface area (Å²) in [7, 11) is 0. The van der Waals surface area contributed by atoms with Crippen LogP contribution in [0.2, 0.25) is 0 Å². The number of esters is 3. The molecule has 0 unspecified atom stereocenters. The van der Waals surface area contributed by atoms with Crippen molar-refractivity contribution >= 4 is 35.8 Å². The van der Waals surface area contributed by atoms with Gasteiger partial charge in [-0.05, 0) is 107 Å². The van der Waals surface area contributed by atoms with Gasteiger partial charge in [0.25, 0.3) is 0 Å². The molecule has 266 valence electrons. The minimum atomic E-state index is -1.18. The van der Waals surface area contributed by atoms with Gasteiger partial charge in [0.05, 0.1) is 6.04 Å². The Balaban J connectivity index is 5.21. The minimum Gasteiger partial charge on any atom is -0.460 e. The van der Waals surface area contributed by atoms with Crippen molar-refractivity contribution in [2.24, 2.45) is 5.73 Å². The zero-order valence-corrected chi connectivity index (χ0v) is 29.6. The first-order chi connectivity index (χ1) is 21.0. The van der Waals surface area contributed by atoms with Gasteiger partial charge in [-0.3, -0.25) is 14.4 Å². The normalized spacial score (nSPS) is 13.8. The summed E-state index contributed by atoms with van der Waals surface area (Å²) in [5.41, 5.74) is 3.59. The smallest absolute Gasteiger partial charge is 0.329 e. The quantitative estimate of drug-likeness (QED) is 0.0828. The van der Waals surface area contributed by atoms with Crippen LogP contribution >= 0.6 is 0 Å². The lowest BCUT2D eigenvalue weighted by Crippen LogP contribution is -2.53. The van der Waals surface area contributed by atoms with Gasteiger partial charge in [-0.15, -0.1) is 0 Å². The highest BCUT2D eigenvalue weighted by atomic mass is 16.6. The zero-order valence-electron chi connectivity index (χ0n) is 29.6. The fourth-order valence-electron chi connectivity index (χ4n) is 3.96. The van der Waals surface area contributed by atoms with E-state index in [1.807, 2.05) is 0 Å². The van der Waals surface area contributed by atoms with Crippen molar-refractivity contribution in [1.29, 1.82) is 0 Å². The van der Waals surface area contributed by atoms with Crippen molar-refractivity contribution in [3.05, 3.63) is 0 Å². The molecule has 6 N–H and O–H groups in total. The van der Waals surface area contributed by atoms with Gasteiger partial charge in [0.2, 0.25) is 11.8 Å². The van der Waals surface area contributed by atoms with E-state index in [0.717, 1.165) is 6.42 Å². The van der Waals surface area contributed by atoms with Gasteiger partial charge < -0.3 is 41.2 Å². The van der Waals surface area contributed by atoms with Crippen molar-refractivity contribution in [3.63, 3.8) is 0 Å². The summed E-state index contributed by atoms with van der Waals surface area (Å²) in [5.74, 6) is -2.32. The van der Waals surface area contributed by atoms with Crippen LogP contribution in [-0.4, -0.2) is 83.8 Å². The largest absolute Gasteiger partial charge is 0.460 e. The van der Waals surface area contributed by atoms with Crippen LogP contribution in [0.4, 0.5) is 4.79 Å². The maximum Gasteiger partial charge on any atom is 0.329 e. The number of ether oxygens (including phenoxy) is 3. The molecule has 0 aliphatic carbocycles. The van der Waals surface area contributed by atoms with E-state index < -0.39 is 58.9 Å². The van der Waals surface area contributed by atoms with Crippen LogP contribution in [0.5, 0.6) is 0 Å². The molecule has 0 saturated carbocycles. The second kappa shape index (κ2) is 20.0. The molecule has 0 aromatic carbocycles. The highest BCUT2D eigenvalue weighted by Gasteiger charge is 2.31. The molecular formula is C32H59N5O9. The molecule has 4 amide bonds. The molecule has 0 heterocycles. The number of hydrogen-bond acceptors (Lipinski definition) is 10. The Morgan fingerprint density at radius 3 is 1.50 bits per heavy atom. The second-order valence-corrected chi connectivity index (χ2v) is 14.3. The fourth-order valence-corrected chi connectivity index (χ4v) is 3.96. The Hall–Kier alpha value is -3.42. The molecule has 0 spiro atoms. The average molecular weight is 658 g/mol. The molecule has 0 aliphatic rings. The third-order valence-corrected chi connectivity index (χ3v) is 5.92. The van der Waals surface area contributed by atoms with Crippen LogP contribution in [-0.2, 0) is 38.2 Å². The summed E-state index contributed by atoms with van der Waals surface area (Å²) in [5, 5.41) is 10.6. The summed E-state index contributed by atoms with van der Waals surface area (Å²) in [6.45, 7) is 17.6. The van der Waals surface area contributed by atoms with Crippen molar-refractivity contribution in [2.75, 3.05) is 13.1 Å². The number of rotatable bonds is 18. The average Bonchev–Trinajstić information content (AvgIpc) is 2.86. The monoisotopic (exact) mass is 657 g/mol. The predicted octanol–water partition coefficient (Wildman–Crippen LogP) is 2.75. The molecule has 3 atom stereocenters. The van der Waals surface area contributed by atoms with Gasteiger partial charge in [0.15, 0.2) is 0 Å². The van der Waals surface area contributed by atoms with Crippen LogP contribution in [0.15, 0.2) is 0 Å². The first-order valence-electron chi connectivity index (χ1n) is 16.0. The summed E-state index contributed by atoms with van der Waals surface area (Å²) in [4.78, 5) is 74.4. The number of carbonyl (C=O) groups excluding carboxylic acids is 6. The van der Waals surface area contributed by atoms with E-state index in [1.54, 1.807) is 62.3 Å². The first kappa shape index (κ1) is 42.6. The van der Waals surface area contributed by atoms with E-state index in [4.69, 9.17) is 19.9 Å². The van der Waals surface area contributed by atoms with Crippen LogP contribution in [0.3, 0.4) is 0 Å². The molecule has 0 radical (unpaired) electrons. The number of unbranched alkanes of at least 4 members (excludes halogenated alkanes) is 2. The van der Waals surface area contributed by atoms with Gasteiger partial charge in [0.1, 0.15) is 28.9 Å². The van der Waals surface area contributed by atoms with Crippen LogP contribution in [0, 0.1) is 0 Å². The third kappa shape index (κ3) is 23.0. The Bertz CT molecular complexity index is 1010. The molecule has 0 aliphatic heterocycles. The van der Waals surface area contributed by atoms with E-state index in [9.17, 15) is 28.8 Å². The van der Waals surface area contributed by atoms with Crippen molar-refractivity contribution in [2.45, 2.75) is 156 Å². The van der Waals surface area contributed by atoms with E-state index in [0.29, 0.717) is 38.8 Å².